The first-order valence-corrected chi connectivity index (χ1v) is 14.5. The van der Waals surface area contributed by atoms with Gasteiger partial charge in [-0.2, -0.15) is 13.2 Å². The first-order valence-electron chi connectivity index (χ1n) is 14.5. The van der Waals surface area contributed by atoms with Gasteiger partial charge in [0.2, 0.25) is 5.91 Å². The fourth-order valence-corrected chi connectivity index (χ4v) is 5.89. The van der Waals surface area contributed by atoms with Crippen LogP contribution >= 0.6 is 0 Å². The smallest absolute Gasteiger partial charge is 0.416 e. The van der Waals surface area contributed by atoms with E-state index in [-0.39, 0.29) is 50.6 Å². The number of alkyl halides is 3. The number of carbonyl (C=O) groups excluding carboxylic acids is 3. The molecule has 2 fully saturated rings. The highest BCUT2D eigenvalue weighted by Crippen LogP contribution is 2.39. The number of hydrogen-bond donors (Lipinski definition) is 1. The van der Waals surface area contributed by atoms with Crippen molar-refractivity contribution in [2.75, 3.05) is 33.9 Å². The van der Waals surface area contributed by atoms with Gasteiger partial charge in [0.05, 0.1) is 26.4 Å². The number of amides is 3. The second kappa shape index (κ2) is 12.8. The third-order valence-electron chi connectivity index (χ3n) is 8.34. The summed E-state index contributed by atoms with van der Waals surface area (Å²) in [4.78, 5) is 44.1. The van der Waals surface area contributed by atoms with Gasteiger partial charge < -0.3 is 24.4 Å². The molecule has 12 heteroatoms. The topological polar surface area (TPSA) is 97.4 Å². The van der Waals surface area contributed by atoms with E-state index in [4.69, 9.17) is 14.2 Å². The number of nitrogens with zero attached hydrogens (tertiary/aromatic N) is 2. The lowest BCUT2D eigenvalue weighted by Gasteiger charge is -2.44. The second-order valence-corrected chi connectivity index (χ2v) is 11.0. The number of likely N-dealkylation sites (tertiary alicyclic amines) is 1. The summed E-state index contributed by atoms with van der Waals surface area (Å²) in [6.07, 6.45) is -4.01. The zero-order valence-corrected chi connectivity index (χ0v) is 25.1. The summed E-state index contributed by atoms with van der Waals surface area (Å²) in [5.74, 6) is -0.255. The van der Waals surface area contributed by atoms with Gasteiger partial charge >= 0.3 is 6.18 Å². The monoisotopic (exact) mass is 625 g/mol. The van der Waals surface area contributed by atoms with Crippen molar-refractivity contribution in [1.82, 2.24) is 15.1 Å². The molecule has 3 aromatic carbocycles. The Kier molecular flexibility index (Phi) is 9.06. The molecule has 0 unspecified atom stereocenters. The summed E-state index contributed by atoms with van der Waals surface area (Å²) in [7, 11) is 2.99. The summed E-state index contributed by atoms with van der Waals surface area (Å²) in [5, 5.41) is 2.69. The zero-order valence-electron chi connectivity index (χ0n) is 25.1. The molecule has 2 heterocycles. The minimum absolute atomic E-state index is 0.102. The zero-order chi connectivity index (χ0) is 32.4. The van der Waals surface area contributed by atoms with Gasteiger partial charge in [-0.15, -0.1) is 0 Å². The van der Waals surface area contributed by atoms with Crippen LogP contribution in [-0.4, -0.2) is 73.2 Å². The minimum atomic E-state index is -4.52. The summed E-state index contributed by atoms with van der Waals surface area (Å²) in [5.41, 5.74) is -0.175. The van der Waals surface area contributed by atoms with E-state index in [1.165, 1.54) is 31.3 Å². The maximum atomic E-state index is 14.1. The maximum Gasteiger partial charge on any atom is 0.416 e. The van der Waals surface area contributed by atoms with Crippen molar-refractivity contribution >= 4 is 17.7 Å². The summed E-state index contributed by atoms with van der Waals surface area (Å²) in [6, 6.07) is 15.6. The molecule has 9 nitrogen and oxygen atoms in total. The minimum Gasteiger partial charge on any atom is -0.493 e. The molecule has 3 amide bonds. The Morgan fingerprint density at radius 1 is 0.933 bits per heavy atom. The SMILES string of the molecule is COc1ccc(C(=O)N2CCC3(CC2)OC[C@@H](C(=O)NCc2cccc(C(F)(F)F)c2)N3C(=O)c2ccccc2C)cc1OC. The number of hydrogen-bond acceptors (Lipinski definition) is 6. The van der Waals surface area contributed by atoms with E-state index in [1.807, 2.05) is 0 Å². The van der Waals surface area contributed by atoms with Crippen LogP contribution in [0.4, 0.5) is 13.2 Å². The number of halogens is 3. The lowest BCUT2D eigenvalue weighted by atomic mass is 9.95. The van der Waals surface area contributed by atoms with Gasteiger partial charge in [0, 0.05) is 43.6 Å². The van der Waals surface area contributed by atoms with Crippen molar-refractivity contribution in [2.24, 2.45) is 0 Å². The molecule has 3 aromatic rings. The molecule has 0 saturated carbocycles. The van der Waals surface area contributed by atoms with Crippen LogP contribution in [0.15, 0.2) is 66.7 Å². The molecule has 2 saturated heterocycles. The average Bonchev–Trinajstić information content (AvgIpc) is 3.41. The molecule has 5 rings (SSSR count). The van der Waals surface area contributed by atoms with Gasteiger partial charge in [0.25, 0.3) is 11.8 Å². The van der Waals surface area contributed by atoms with Crippen LogP contribution in [0.1, 0.15) is 50.2 Å². The third-order valence-corrected chi connectivity index (χ3v) is 8.34. The van der Waals surface area contributed by atoms with E-state index in [1.54, 1.807) is 54.3 Å². The van der Waals surface area contributed by atoms with Gasteiger partial charge in [-0.1, -0.05) is 30.3 Å². The molecule has 0 bridgehead atoms. The van der Waals surface area contributed by atoms with E-state index in [2.05, 4.69) is 5.32 Å². The number of methoxy groups -OCH3 is 2. The average molecular weight is 626 g/mol. The van der Waals surface area contributed by atoms with Gasteiger partial charge in [-0.3, -0.25) is 19.3 Å². The third kappa shape index (κ3) is 6.46. The van der Waals surface area contributed by atoms with E-state index in [9.17, 15) is 27.6 Å². The van der Waals surface area contributed by atoms with Gasteiger partial charge in [0.1, 0.15) is 11.8 Å². The van der Waals surface area contributed by atoms with Crippen LogP contribution in [0.25, 0.3) is 0 Å². The van der Waals surface area contributed by atoms with Gasteiger partial charge in [-0.05, 0) is 54.4 Å². The largest absolute Gasteiger partial charge is 0.493 e. The molecular weight excluding hydrogens is 591 g/mol. The highest BCUT2D eigenvalue weighted by molar-refractivity contribution is 5.99. The lowest BCUT2D eigenvalue weighted by molar-refractivity contribution is -0.137. The Hall–Kier alpha value is -4.58. The maximum absolute atomic E-state index is 14.1. The van der Waals surface area contributed by atoms with Crippen molar-refractivity contribution < 1.29 is 41.8 Å². The van der Waals surface area contributed by atoms with Crippen LogP contribution in [0.3, 0.4) is 0 Å². The van der Waals surface area contributed by atoms with Crippen molar-refractivity contribution in [3.05, 3.63) is 94.5 Å². The van der Waals surface area contributed by atoms with Gasteiger partial charge in [-0.25, -0.2) is 0 Å². The Morgan fingerprint density at radius 3 is 2.31 bits per heavy atom. The second-order valence-electron chi connectivity index (χ2n) is 11.0. The Bertz CT molecular complexity index is 1590. The van der Waals surface area contributed by atoms with Gasteiger partial charge in [0.15, 0.2) is 11.5 Å². The Morgan fingerprint density at radius 2 is 1.64 bits per heavy atom. The highest BCUT2D eigenvalue weighted by Gasteiger charge is 2.54. The molecule has 2 aliphatic heterocycles. The molecule has 2 aliphatic rings. The molecule has 1 spiro atoms. The molecule has 238 valence electrons. The Balaban J connectivity index is 1.36. The molecular formula is C33H34F3N3O6. The van der Waals surface area contributed by atoms with Crippen LogP contribution < -0.4 is 14.8 Å². The van der Waals surface area contributed by atoms with Crippen LogP contribution in [-0.2, 0) is 22.3 Å². The molecule has 0 aliphatic carbocycles. The summed E-state index contributed by atoms with van der Waals surface area (Å²) in [6.45, 7) is 2.04. The number of rotatable bonds is 7. The number of ether oxygens (including phenoxy) is 3. The fourth-order valence-electron chi connectivity index (χ4n) is 5.89. The van der Waals surface area contributed by atoms with Crippen molar-refractivity contribution in [2.45, 2.75) is 44.3 Å². The quantitative estimate of drug-likeness (QED) is 0.405. The summed E-state index contributed by atoms with van der Waals surface area (Å²) < 4.78 is 56.5. The normalized spacial score (nSPS) is 17.7. The highest BCUT2D eigenvalue weighted by atomic mass is 19.4. The van der Waals surface area contributed by atoms with Crippen molar-refractivity contribution in [3.8, 4) is 11.5 Å². The number of aryl methyl sites for hydroxylation is 1. The number of benzene rings is 3. The van der Waals surface area contributed by atoms with Crippen LogP contribution in [0, 0.1) is 6.92 Å². The molecule has 1 N–H and O–H groups in total. The first-order chi connectivity index (χ1) is 21.5. The predicted molar refractivity (Wildman–Crippen MR) is 158 cm³/mol. The van der Waals surface area contributed by atoms with E-state index in [0.717, 1.165) is 12.1 Å². The van der Waals surface area contributed by atoms with E-state index < -0.39 is 35.3 Å². The lowest BCUT2D eigenvalue weighted by Crippen LogP contribution is -2.59. The number of piperidine rings is 1. The number of nitrogens with one attached hydrogen (secondary N) is 1. The van der Waals surface area contributed by atoms with Crippen LogP contribution in [0.5, 0.6) is 11.5 Å². The van der Waals surface area contributed by atoms with Crippen molar-refractivity contribution in [3.63, 3.8) is 0 Å². The molecule has 0 radical (unpaired) electrons. The standard InChI is InChI=1S/C33H34F3N3O6/c1-21-7-4-5-10-25(21)31(42)39-26(29(40)37-19-22-8-6-9-24(17-22)33(34,35)36)20-45-32(39)13-15-38(16-14-32)30(41)23-11-12-27(43-2)28(18-23)44-3/h4-12,17-18,26H,13-16,19-20H2,1-3H3,(H,37,40)/t26-/m0/s1. The van der Waals surface area contributed by atoms with Crippen molar-refractivity contribution in [1.29, 1.82) is 0 Å². The van der Waals surface area contributed by atoms with Crippen LogP contribution in [0.2, 0.25) is 0 Å². The van der Waals surface area contributed by atoms with E-state index in [0.29, 0.717) is 28.2 Å². The number of carbonyl (C=O) groups is 3. The summed E-state index contributed by atoms with van der Waals surface area (Å²) >= 11 is 0. The molecule has 0 aromatic heterocycles. The predicted octanol–water partition coefficient (Wildman–Crippen LogP) is 4.82. The molecule has 1 atom stereocenters. The fraction of sp³-hybridized carbons (Fsp3) is 0.364. The molecule has 45 heavy (non-hydrogen) atoms. The first kappa shape index (κ1) is 31.8. The Labute approximate surface area is 258 Å². The van der Waals surface area contributed by atoms with E-state index >= 15 is 0 Å².